The molecule has 1 aromatic carbocycles. The minimum atomic E-state index is -0.0958. The van der Waals surface area contributed by atoms with Crippen LogP contribution >= 0.6 is 0 Å². The fourth-order valence-electron chi connectivity index (χ4n) is 1.46. The van der Waals surface area contributed by atoms with Crippen LogP contribution in [0.1, 0.15) is 13.3 Å². The molecule has 0 saturated heterocycles. The maximum Gasteiger partial charge on any atom is 0.290 e. The number of nitrogens with zero attached hydrogens (tertiary/aromatic N) is 1. The summed E-state index contributed by atoms with van der Waals surface area (Å²) in [5.41, 5.74) is -0.0958. The summed E-state index contributed by atoms with van der Waals surface area (Å²) in [7, 11) is 0. The number of fused-ring (bicyclic) bond motifs is 1. The molecule has 0 bridgehead atoms. The predicted octanol–water partition coefficient (Wildman–Crippen LogP) is 1.84. The van der Waals surface area contributed by atoms with Gasteiger partial charge in [-0.25, -0.2) is 0 Å². The molecule has 15 heavy (non-hydrogen) atoms. The quantitative estimate of drug-likeness (QED) is 0.762. The molecule has 0 aliphatic carbocycles. The molecular weight excluding hydrogens is 190 g/mol. The molecule has 3 heteroatoms. The first-order chi connectivity index (χ1) is 7.33. The highest BCUT2D eigenvalue weighted by atomic mass is 16.7. The maximum atomic E-state index is 11.9. The van der Waals surface area contributed by atoms with E-state index >= 15 is 0 Å². The lowest BCUT2D eigenvalue weighted by molar-refractivity contribution is 0.103. The first-order valence-electron chi connectivity index (χ1n) is 5.06. The summed E-state index contributed by atoms with van der Waals surface area (Å²) in [6, 6.07) is 9.38. The molecule has 78 valence electrons. The van der Waals surface area contributed by atoms with Crippen molar-refractivity contribution in [2.45, 2.75) is 13.3 Å². The van der Waals surface area contributed by atoms with Crippen LogP contribution in [0.3, 0.4) is 0 Å². The van der Waals surface area contributed by atoms with Gasteiger partial charge in [0.25, 0.3) is 5.56 Å². The highest BCUT2D eigenvalue weighted by molar-refractivity contribution is 5.80. The van der Waals surface area contributed by atoms with Crippen LogP contribution in [0.5, 0.6) is 0 Å². The van der Waals surface area contributed by atoms with Crippen molar-refractivity contribution in [3.8, 4) is 0 Å². The largest absolute Gasteiger partial charge is 0.411 e. The standard InChI is InChI=1S/C12H13NO2/c1-2-9-15-13-8-7-10-5-3-4-6-11(10)12(13)14/h3-8H,2,9H2,1H3. The summed E-state index contributed by atoms with van der Waals surface area (Å²) in [5, 5.41) is 1.63. The molecule has 1 heterocycles. The SMILES string of the molecule is CCCOn1ccc2ccccc2c1=O. The minimum Gasteiger partial charge on any atom is -0.411 e. The summed E-state index contributed by atoms with van der Waals surface area (Å²) in [5.74, 6) is 0. The third-order valence-electron chi connectivity index (χ3n) is 2.22. The topological polar surface area (TPSA) is 31.2 Å². The van der Waals surface area contributed by atoms with Crippen LogP contribution in [0.15, 0.2) is 41.3 Å². The van der Waals surface area contributed by atoms with Gasteiger partial charge in [-0.1, -0.05) is 25.1 Å². The second kappa shape index (κ2) is 4.17. The van der Waals surface area contributed by atoms with Gasteiger partial charge in [0.15, 0.2) is 0 Å². The summed E-state index contributed by atoms with van der Waals surface area (Å²) >= 11 is 0. The van der Waals surface area contributed by atoms with Gasteiger partial charge in [-0.05, 0) is 23.9 Å². The molecular formula is C12H13NO2. The van der Waals surface area contributed by atoms with Crippen molar-refractivity contribution in [2.24, 2.45) is 0 Å². The zero-order valence-corrected chi connectivity index (χ0v) is 8.64. The van der Waals surface area contributed by atoms with Crippen molar-refractivity contribution >= 4 is 10.8 Å². The van der Waals surface area contributed by atoms with Crippen LogP contribution < -0.4 is 10.4 Å². The van der Waals surface area contributed by atoms with Crippen molar-refractivity contribution in [2.75, 3.05) is 6.61 Å². The Labute approximate surface area is 87.9 Å². The fourth-order valence-corrected chi connectivity index (χ4v) is 1.46. The second-order valence-electron chi connectivity index (χ2n) is 3.37. The van der Waals surface area contributed by atoms with Gasteiger partial charge in [-0.3, -0.25) is 4.79 Å². The Hall–Kier alpha value is -1.77. The molecule has 0 unspecified atom stereocenters. The van der Waals surface area contributed by atoms with E-state index in [4.69, 9.17) is 4.84 Å². The van der Waals surface area contributed by atoms with Crippen molar-refractivity contribution < 1.29 is 4.84 Å². The van der Waals surface area contributed by atoms with Crippen LogP contribution in [0.25, 0.3) is 10.8 Å². The summed E-state index contributed by atoms with van der Waals surface area (Å²) < 4.78 is 1.30. The predicted molar refractivity (Wildman–Crippen MR) is 59.9 cm³/mol. The number of rotatable bonds is 3. The van der Waals surface area contributed by atoms with E-state index in [1.54, 1.807) is 6.20 Å². The molecule has 0 atom stereocenters. The third kappa shape index (κ3) is 1.86. The normalized spacial score (nSPS) is 10.5. The Kier molecular flexibility index (Phi) is 2.72. The van der Waals surface area contributed by atoms with Gasteiger partial charge < -0.3 is 4.84 Å². The fraction of sp³-hybridized carbons (Fsp3) is 0.250. The molecule has 0 aliphatic rings. The second-order valence-corrected chi connectivity index (χ2v) is 3.37. The van der Waals surface area contributed by atoms with E-state index in [9.17, 15) is 4.79 Å². The monoisotopic (exact) mass is 203 g/mol. The minimum absolute atomic E-state index is 0.0958. The first kappa shape index (κ1) is 9.77. The van der Waals surface area contributed by atoms with Crippen LogP contribution in [0.4, 0.5) is 0 Å². The van der Waals surface area contributed by atoms with Crippen molar-refractivity contribution in [3.05, 3.63) is 46.9 Å². The molecule has 1 aromatic heterocycles. The molecule has 0 aliphatic heterocycles. The molecule has 0 spiro atoms. The van der Waals surface area contributed by atoms with E-state index < -0.39 is 0 Å². The lowest BCUT2D eigenvalue weighted by Gasteiger charge is -2.07. The van der Waals surface area contributed by atoms with Gasteiger partial charge in [0.1, 0.15) is 6.61 Å². The van der Waals surface area contributed by atoms with E-state index in [1.165, 1.54) is 4.73 Å². The highest BCUT2D eigenvalue weighted by Gasteiger charge is 2.01. The Morgan fingerprint density at radius 2 is 2.07 bits per heavy atom. The van der Waals surface area contributed by atoms with E-state index in [-0.39, 0.29) is 5.56 Å². The van der Waals surface area contributed by atoms with Crippen molar-refractivity contribution in [1.82, 2.24) is 4.73 Å². The van der Waals surface area contributed by atoms with Gasteiger partial charge in [-0.2, -0.15) is 4.73 Å². The van der Waals surface area contributed by atoms with Crippen LogP contribution in [0.2, 0.25) is 0 Å². The van der Waals surface area contributed by atoms with Gasteiger partial charge in [0.05, 0.1) is 5.39 Å². The first-order valence-corrected chi connectivity index (χ1v) is 5.06. The van der Waals surface area contributed by atoms with Crippen LogP contribution in [0, 0.1) is 0 Å². The average Bonchev–Trinajstić information content (AvgIpc) is 2.29. The smallest absolute Gasteiger partial charge is 0.290 e. The van der Waals surface area contributed by atoms with Gasteiger partial charge >= 0.3 is 0 Å². The molecule has 2 aromatic rings. The van der Waals surface area contributed by atoms with E-state index in [2.05, 4.69) is 0 Å². The molecule has 0 radical (unpaired) electrons. The number of hydrogen-bond donors (Lipinski definition) is 0. The number of hydrogen-bond acceptors (Lipinski definition) is 2. The van der Waals surface area contributed by atoms with Gasteiger partial charge in [0, 0.05) is 6.20 Å². The Morgan fingerprint density at radius 1 is 1.27 bits per heavy atom. The molecule has 0 saturated carbocycles. The van der Waals surface area contributed by atoms with Crippen LogP contribution in [-0.2, 0) is 0 Å². The highest BCUT2D eigenvalue weighted by Crippen LogP contribution is 2.07. The average molecular weight is 203 g/mol. The molecule has 0 fully saturated rings. The van der Waals surface area contributed by atoms with Crippen molar-refractivity contribution in [1.29, 1.82) is 0 Å². The zero-order valence-electron chi connectivity index (χ0n) is 8.64. The van der Waals surface area contributed by atoms with Gasteiger partial charge in [0.2, 0.25) is 0 Å². The van der Waals surface area contributed by atoms with E-state index in [0.29, 0.717) is 12.0 Å². The number of aromatic nitrogens is 1. The Bertz CT molecular complexity index is 516. The summed E-state index contributed by atoms with van der Waals surface area (Å²) in [4.78, 5) is 17.2. The van der Waals surface area contributed by atoms with Gasteiger partial charge in [-0.15, -0.1) is 0 Å². The molecule has 2 rings (SSSR count). The zero-order chi connectivity index (χ0) is 10.7. The van der Waals surface area contributed by atoms with Crippen LogP contribution in [-0.4, -0.2) is 11.3 Å². The lowest BCUT2D eigenvalue weighted by atomic mass is 10.2. The van der Waals surface area contributed by atoms with E-state index in [1.807, 2.05) is 37.3 Å². The summed E-state index contributed by atoms with van der Waals surface area (Å²) in [6.45, 7) is 2.56. The maximum absolute atomic E-state index is 11.9. The number of benzene rings is 1. The molecule has 0 N–H and O–H groups in total. The molecule has 0 amide bonds. The van der Waals surface area contributed by atoms with E-state index in [0.717, 1.165) is 11.8 Å². The Balaban J connectivity index is 2.51. The number of pyridine rings is 1. The Morgan fingerprint density at radius 3 is 2.87 bits per heavy atom. The summed E-state index contributed by atoms with van der Waals surface area (Å²) in [6.07, 6.45) is 2.56. The third-order valence-corrected chi connectivity index (χ3v) is 2.22. The lowest BCUT2D eigenvalue weighted by Crippen LogP contribution is -2.26. The molecule has 3 nitrogen and oxygen atoms in total. The van der Waals surface area contributed by atoms with Crippen molar-refractivity contribution in [3.63, 3.8) is 0 Å².